The van der Waals surface area contributed by atoms with Crippen molar-refractivity contribution >= 4 is 11.9 Å². The van der Waals surface area contributed by atoms with Crippen LogP contribution in [0, 0.1) is 11.3 Å². The molecule has 17 heavy (non-hydrogen) atoms. The van der Waals surface area contributed by atoms with Crippen molar-refractivity contribution in [3.63, 3.8) is 0 Å². The molecule has 0 aliphatic heterocycles. The van der Waals surface area contributed by atoms with Crippen LogP contribution in [0.15, 0.2) is 30.3 Å². The molecule has 0 aliphatic carbocycles. The average molecular weight is 235 g/mol. The van der Waals surface area contributed by atoms with Gasteiger partial charge in [0.05, 0.1) is 0 Å². The quantitative estimate of drug-likeness (QED) is 0.315. The molecule has 1 aromatic carbocycles. The summed E-state index contributed by atoms with van der Waals surface area (Å²) in [5.74, 6) is -0.223. The number of guanidine groups is 1. The first kappa shape index (κ1) is 13.0. The minimum atomic E-state index is -0.618. The second kappa shape index (κ2) is 5.89. The zero-order valence-electron chi connectivity index (χ0n) is 9.94. The Morgan fingerprint density at radius 3 is 2.41 bits per heavy atom. The van der Waals surface area contributed by atoms with Gasteiger partial charge >= 0.3 is 5.97 Å². The molecule has 1 rings (SSSR count). The minimum Gasteiger partial charge on any atom is -0.425 e. The average Bonchev–Trinajstić information content (AvgIpc) is 2.26. The number of hydrogen-bond acceptors (Lipinski definition) is 3. The Morgan fingerprint density at radius 2 is 1.94 bits per heavy atom. The molecule has 0 aromatic heterocycles. The number of carbonyl (C=O) groups is 1. The van der Waals surface area contributed by atoms with Gasteiger partial charge in [0.2, 0.25) is 0 Å². The van der Waals surface area contributed by atoms with E-state index in [2.05, 4.69) is 5.32 Å². The lowest BCUT2D eigenvalue weighted by atomic mass is 10.1. The highest BCUT2D eigenvalue weighted by molar-refractivity contribution is 5.85. The molecule has 5 heteroatoms. The first-order valence-corrected chi connectivity index (χ1v) is 5.38. The Hall–Kier alpha value is -2.04. The number of nitrogens with two attached hydrogens (primary N) is 1. The number of rotatable bonds is 4. The van der Waals surface area contributed by atoms with E-state index in [1.807, 2.05) is 19.9 Å². The Kier molecular flexibility index (Phi) is 4.51. The maximum absolute atomic E-state index is 11.9. The molecule has 0 aliphatic rings. The van der Waals surface area contributed by atoms with Gasteiger partial charge in [0.15, 0.2) is 5.96 Å². The Morgan fingerprint density at radius 1 is 1.35 bits per heavy atom. The summed E-state index contributed by atoms with van der Waals surface area (Å²) in [5, 5.41) is 9.74. The number of nitrogens with one attached hydrogen (secondary N) is 2. The number of benzene rings is 1. The van der Waals surface area contributed by atoms with Crippen molar-refractivity contribution in [3.8, 4) is 5.75 Å². The molecule has 5 nitrogen and oxygen atoms in total. The summed E-state index contributed by atoms with van der Waals surface area (Å²) in [7, 11) is 0. The molecule has 1 unspecified atom stereocenters. The first-order chi connectivity index (χ1) is 8.00. The molecule has 0 fully saturated rings. The molecule has 1 atom stereocenters. The van der Waals surface area contributed by atoms with Gasteiger partial charge in [-0.25, -0.2) is 4.79 Å². The van der Waals surface area contributed by atoms with E-state index >= 15 is 0 Å². The predicted molar refractivity (Wildman–Crippen MR) is 65.8 cm³/mol. The standard InChI is InChI=1S/C12H17N3O2/c1-8(2)10(15-12(13)14)11(16)17-9-6-4-3-5-7-9/h3-8,10H,1-2H3,(H4,13,14,15). The minimum absolute atomic E-state index is 0.0184. The van der Waals surface area contributed by atoms with Crippen molar-refractivity contribution in [1.29, 1.82) is 5.41 Å². The number of para-hydroxylation sites is 1. The van der Waals surface area contributed by atoms with E-state index in [-0.39, 0.29) is 11.9 Å². The Balaban J connectivity index is 2.69. The number of hydrogen-bond donors (Lipinski definition) is 3. The van der Waals surface area contributed by atoms with Gasteiger partial charge in [-0.15, -0.1) is 0 Å². The number of esters is 1. The molecule has 4 N–H and O–H groups in total. The molecule has 0 saturated heterocycles. The van der Waals surface area contributed by atoms with Crippen LogP contribution < -0.4 is 15.8 Å². The third kappa shape index (κ3) is 4.14. The number of carbonyl (C=O) groups excluding carboxylic acids is 1. The summed E-state index contributed by atoms with van der Waals surface area (Å²) in [5.41, 5.74) is 5.23. The van der Waals surface area contributed by atoms with E-state index in [4.69, 9.17) is 15.9 Å². The fourth-order valence-corrected chi connectivity index (χ4v) is 1.33. The van der Waals surface area contributed by atoms with Crippen LogP contribution in [0.1, 0.15) is 13.8 Å². The Bertz CT molecular complexity index is 390. The topological polar surface area (TPSA) is 88.2 Å². The lowest BCUT2D eigenvalue weighted by molar-refractivity contribution is -0.137. The Labute approximate surface area is 100 Å². The van der Waals surface area contributed by atoms with Gasteiger partial charge in [0, 0.05) is 0 Å². The van der Waals surface area contributed by atoms with E-state index in [0.717, 1.165) is 0 Å². The second-order valence-corrected chi connectivity index (χ2v) is 4.01. The molecule has 1 aromatic rings. The van der Waals surface area contributed by atoms with Crippen molar-refractivity contribution in [2.24, 2.45) is 11.7 Å². The van der Waals surface area contributed by atoms with Gasteiger partial charge < -0.3 is 15.8 Å². The van der Waals surface area contributed by atoms with Gasteiger partial charge in [-0.05, 0) is 18.1 Å². The highest BCUT2D eigenvalue weighted by Crippen LogP contribution is 2.11. The third-order valence-electron chi connectivity index (χ3n) is 2.19. The van der Waals surface area contributed by atoms with Crippen molar-refractivity contribution in [1.82, 2.24) is 5.32 Å². The molecule has 0 bridgehead atoms. The van der Waals surface area contributed by atoms with Crippen molar-refractivity contribution in [2.75, 3.05) is 0 Å². The van der Waals surface area contributed by atoms with Crippen LogP contribution >= 0.6 is 0 Å². The molecule has 0 saturated carbocycles. The van der Waals surface area contributed by atoms with E-state index < -0.39 is 12.0 Å². The van der Waals surface area contributed by atoms with E-state index in [9.17, 15) is 4.79 Å². The molecular weight excluding hydrogens is 218 g/mol. The van der Waals surface area contributed by atoms with Crippen LogP contribution in [0.3, 0.4) is 0 Å². The zero-order valence-corrected chi connectivity index (χ0v) is 9.94. The predicted octanol–water partition coefficient (Wildman–Crippen LogP) is 1.10. The highest BCUT2D eigenvalue weighted by Gasteiger charge is 2.24. The zero-order chi connectivity index (χ0) is 12.8. The van der Waals surface area contributed by atoms with E-state index in [0.29, 0.717) is 5.75 Å². The van der Waals surface area contributed by atoms with Crippen LogP contribution in [0.5, 0.6) is 5.75 Å². The lowest BCUT2D eigenvalue weighted by Gasteiger charge is -2.20. The molecule has 0 spiro atoms. The van der Waals surface area contributed by atoms with Gasteiger partial charge in [0.1, 0.15) is 11.8 Å². The molecule has 0 radical (unpaired) electrons. The van der Waals surface area contributed by atoms with Gasteiger partial charge in [-0.2, -0.15) is 0 Å². The lowest BCUT2D eigenvalue weighted by Crippen LogP contribution is -2.48. The van der Waals surface area contributed by atoms with Crippen molar-refractivity contribution in [3.05, 3.63) is 30.3 Å². The maximum Gasteiger partial charge on any atom is 0.334 e. The van der Waals surface area contributed by atoms with Crippen LogP contribution in [0.2, 0.25) is 0 Å². The van der Waals surface area contributed by atoms with Crippen LogP contribution in [-0.4, -0.2) is 18.0 Å². The summed E-state index contributed by atoms with van der Waals surface area (Å²) in [6, 6.07) is 8.18. The van der Waals surface area contributed by atoms with Gasteiger partial charge in [-0.3, -0.25) is 5.41 Å². The van der Waals surface area contributed by atoms with Crippen LogP contribution in [0.4, 0.5) is 0 Å². The summed E-state index contributed by atoms with van der Waals surface area (Å²) in [4.78, 5) is 11.9. The third-order valence-corrected chi connectivity index (χ3v) is 2.19. The largest absolute Gasteiger partial charge is 0.425 e. The molecule has 0 amide bonds. The van der Waals surface area contributed by atoms with Crippen LogP contribution in [0.25, 0.3) is 0 Å². The van der Waals surface area contributed by atoms with Crippen LogP contribution in [-0.2, 0) is 4.79 Å². The SMILES string of the molecule is CC(C)C(NC(=N)N)C(=O)Oc1ccccc1. The van der Waals surface area contributed by atoms with Gasteiger partial charge in [-0.1, -0.05) is 32.0 Å². The molecule has 92 valence electrons. The number of ether oxygens (including phenoxy) is 1. The molecular formula is C12H17N3O2. The summed E-state index contributed by atoms with van der Waals surface area (Å²) >= 11 is 0. The fraction of sp³-hybridized carbons (Fsp3) is 0.333. The second-order valence-electron chi connectivity index (χ2n) is 4.01. The molecule has 0 heterocycles. The van der Waals surface area contributed by atoms with Crippen molar-refractivity contribution in [2.45, 2.75) is 19.9 Å². The van der Waals surface area contributed by atoms with E-state index in [1.165, 1.54) is 0 Å². The van der Waals surface area contributed by atoms with Gasteiger partial charge in [0.25, 0.3) is 0 Å². The summed E-state index contributed by atoms with van der Waals surface area (Å²) in [6.07, 6.45) is 0. The highest BCUT2D eigenvalue weighted by atomic mass is 16.5. The monoisotopic (exact) mass is 235 g/mol. The van der Waals surface area contributed by atoms with E-state index in [1.54, 1.807) is 24.3 Å². The maximum atomic E-state index is 11.9. The smallest absolute Gasteiger partial charge is 0.334 e. The normalized spacial score (nSPS) is 11.9. The first-order valence-electron chi connectivity index (χ1n) is 5.38. The summed E-state index contributed by atoms with van der Waals surface area (Å²) < 4.78 is 5.19. The fourth-order valence-electron chi connectivity index (χ4n) is 1.33. The van der Waals surface area contributed by atoms with Crippen molar-refractivity contribution < 1.29 is 9.53 Å². The summed E-state index contributed by atoms with van der Waals surface area (Å²) in [6.45, 7) is 3.71.